The van der Waals surface area contributed by atoms with E-state index in [4.69, 9.17) is 5.10 Å². The minimum Gasteiger partial charge on any atom is -0.305 e. The molecule has 2 heterocycles. The van der Waals surface area contributed by atoms with Crippen molar-refractivity contribution in [3.8, 4) is 11.3 Å². The van der Waals surface area contributed by atoms with Gasteiger partial charge in [0.05, 0.1) is 30.2 Å². The molecule has 0 radical (unpaired) electrons. The lowest BCUT2D eigenvalue weighted by Gasteiger charge is -2.08. The molecule has 0 aliphatic rings. The zero-order valence-corrected chi connectivity index (χ0v) is 15.5. The van der Waals surface area contributed by atoms with Crippen molar-refractivity contribution in [2.45, 2.75) is 13.5 Å². The van der Waals surface area contributed by atoms with Gasteiger partial charge in [-0.15, -0.1) is 0 Å². The molecule has 6 nitrogen and oxygen atoms in total. The number of hydrogen-bond acceptors (Lipinski definition) is 5. The van der Waals surface area contributed by atoms with E-state index < -0.39 is 0 Å². The molecule has 0 bridgehead atoms. The van der Waals surface area contributed by atoms with Crippen molar-refractivity contribution < 1.29 is 4.79 Å². The fourth-order valence-corrected chi connectivity index (χ4v) is 3.24. The third kappa shape index (κ3) is 3.78. The van der Waals surface area contributed by atoms with E-state index in [2.05, 4.69) is 14.1 Å². The van der Waals surface area contributed by atoms with Gasteiger partial charge >= 0.3 is 0 Å². The summed E-state index contributed by atoms with van der Waals surface area (Å²) in [5.74, 6) is 0.324. The molecule has 0 saturated carbocycles. The van der Waals surface area contributed by atoms with E-state index in [1.807, 2.05) is 67.6 Å². The predicted octanol–water partition coefficient (Wildman–Crippen LogP) is 4.01. The first-order valence-corrected chi connectivity index (χ1v) is 9.20. The maximum absolute atomic E-state index is 12.4. The molecule has 2 aromatic heterocycles. The number of carbonyl (C=O) groups is 1. The van der Waals surface area contributed by atoms with Crippen molar-refractivity contribution in [3.05, 3.63) is 83.7 Å². The number of carbonyl (C=O) groups excluding carboxylic acids is 1. The molecule has 0 fully saturated rings. The molecule has 4 rings (SSSR count). The summed E-state index contributed by atoms with van der Waals surface area (Å²) in [6.07, 6.45) is 1.46. The molecule has 1 amide bonds. The molecule has 2 aromatic carbocycles. The van der Waals surface area contributed by atoms with E-state index in [-0.39, 0.29) is 5.91 Å². The van der Waals surface area contributed by atoms with Crippen molar-refractivity contribution in [3.63, 3.8) is 0 Å². The predicted molar refractivity (Wildman–Crippen MR) is 106 cm³/mol. The van der Waals surface area contributed by atoms with Crippen LogP contribution in [0.5, 0.6) is 0 Å². The van der Waals surface area contributed by atoms with Crippen molar-refractivity contribution in [2.24, 2.45) is 0 Å². The molecule has 0 spiro atoms. The average Bonchev–Trinajstić information content (AvgIpc) is 3.34. The molecule has 4 aromatic rings. The molecular weight excluding hydrogens is 358 g/mol. The standard InChI is InChI=1S/C20H17N5OS/c1-14-7-5-6-10-16(14)17-11-19(22-20(26)18-12-21-27-24-18)25(23-17)13-15-8-3-2-4-9-15/h2-12H,13H2,1H3,(H,22,26). The summed E-state index contributed by atoms with van der Waals surface area (Å²) in [5.41, 5.74) is 4.38. The number of anilines is 1. The highest BCUT2D eigenvalue weighted by Crippen LogP contribution is 2.25. The van der Waals surface area contributed by atoms with Crippen LogP contribution in [0.25, 0.3) is 11.3 Å². The highest BCUT2D eigenvalue weighted by molar-refractivity contribution is 6.99. The maximum Gasteiger partial charge on any atom is 0.278 e. The number of nitrogens with one attached hydrogen (secondary N) is 1. The van der Waals surface area contributed by atoms with Gasteiger partial charge in [-0.25, -0.2) is 4.68 Å². The zero-order valence-electron chi connectivity index (χ0n) is 14.7. The lowest BCUT2D eigenvalue weighted by Crippen LogP contribution is -2.16. The molecule has 0 atom stereocenters. The highest BCUT2D eigenvalue weighted by atomic mass is 32.1. The molecule has 0 saturated heterocycles. The van der Waals surface area contributed by atoms with E-state index in [0.717, 1.165) is 34.1 Å². The van der Waals surface area contributed by atoms with Gasteiger partial charge < -0.3 is 5.32 Å². The van der Waals surface area contributed by atoms with Crippen molar-refractivity contribution in [1.29, 1.82) is 0 Å². The number of rotatable bonds is 5. The molecule has 7 heteroatoms. The smallest absolute Gasteiger partial charge is 0.278 e. The van der Waals surface area contributed by atoms with Crippen molar-refractivity contribution >= 4 is 23.5 Å². The average molecular weight is 375 g/mol. The quantitative estimate of drug-likeness (QED) is 0.572. The number of benzene rings is 2. The van der Waals surface area contributed by atoms with Gasteiger partial charge in [0.2, 0.25) is 0 Å². The van der Waals surface area contributed by atoms with Gasteiger partial charge in [0, 0.05) is 11.6 Å². The Morgan fingerprint density at radius 2 is 1.89 bits per heavy atom. The summed E-state index contributed by atoms with van der Waals surface area (Å²) in [5, 5.41) is 7.65. The second kappa shape index (κ2) is 7.51. The summed E-state index contributed by atoms with van der Waals surface area (Å²) in [7, 11) is 0. The van der Waals surface area contributed by atoms with E-state index in [1.54, 1.807) is 4.68 Å². The van der Waals surface area contributed by atoms with Crippen molar-refractivity contribution in [1.82, 2.24) is 18.5 Å². The van der Waals surface area contributed by atoms with Crippen LogP contribution >= 0.6 is 11.7 Å². The van der Waals surface area contributed by atoms with Gasteiger partial charge in [0.15, 0.2) is 5.69 Å². The number of aromatic nitrogens is 4. The van der Waals surface area contributed by atoms with Crippen LogP contribution < -0.4 is 5.32 Å². The Morgan fingerprint density at radius 1 is 1.11 bits per heavy atom. The topological polar surface area (TPSA) is 72.7 Å². The van der Waals surface area contributed by atoms with Crippen LogP contribution in [0, 0.1) is 6.92 Å². The van der Waals surface area contributed by atoms with Gasteiger partial charge in [-0.1, -0.05) is 54.6 Å². The second-order valence-electron chi connectivity index (χ2n) is 6.12. The van der Waals surface area contributed by atoms with E-state index in [0.29, 0.717) is 18.1 Å². The highest BCUT2D eigenvalue weighted by Gasteiger charge is 2.16. The Hall–Kier alpha value is -3.32. The van der Waals surface area contributed by atoms with Crippen LogP contribution in [0.1, 0.15) is 21.6 Å². The Morgan fingerprint density at radius 3 is 2.63 bits per heavy atom. The third-order valence-electron chi connectivity index (χ3n) is 4.21. The number of amides is 1. The SMILES string of the molecule is Cc1ccccc1-c1cc(NC(=O)c2cnsn2)n(Cc2ccccc2)n1. The fourth-order valence-electron chi connectivity index (χ4n) is 2.83. The Balaban J connectivity index is 1.71. The van der Waals surface area contributed by atoms with Gasteiger partial charge in [-0.3, -0.25) is 4.79 Å². The van der Waals surface area contributed by atoms with Gasteiger partial charge in [0.1, 0.15) is 5.82 Å². The fraction of sp³-hybridized carbons (Fsp3) is 0.100. The first-order chi connectivity index (χ1) is 13.2. The molecule has 134 valence electrons. The molecule has 0 aliphatic carbocycles. The van der Waals surface area contributed by atoms with Crippen LogP contribution in [0.15, 0.2) is 66.9 Å². The van der Waals surface area contributed by atoms with Crippen LogP contribution in [-0.4, -0.2) is 24.4 Å². The minimum absolute atomic E-state index is 0.296. The number of hydrogen-bond donors (Lipinski definition) is 1. The zero-order chi connectivity index (χ0) is 18.6. The lowest BCUT2D eigenvalue weighted by atomic mass is 10.1. The monoisotopic (exact) mass is 375 g/mol. The molecule has 0 aliphatic heterocycles. The first-order valence-electron chi connectivity index (χ1n) is 8.47. The lowest BCUT2D eigenvalue weighted by molar-refractivity contribution is 0.102. The van der Waals surface area contributed by atoms with Gasteiger partial charge in [0.25, 0.3) is 5.91 Å². The van der Waals surface area contributed by atoms with Crippen LogP contribution in [0.3, 0.4) is 0 Å². The normalized spacial score (nSPS) is 10.7. The number of nitrogens with zero attached hydrogens (tertiary/aromatic N) is 4. The summed E-state index contributed by atoms with van der Waals surface area (Å²) in [6, 6.07) is 20.0. The van der Waals surface area contributed by atoms with Crippen molar-refractivity contribution in [2.75, 3.05) is 5.32 Å². The summed E-state index contributed by atoms with van der Waals surface area (Å²) in [6.45, 7) is 2.60. The molecule has 0 unspecified atom stereocenters. The van der Waals surface area contributed by atoms with Crippen LogP contribution in [0.2, 0.25) is 0 Å². The van der Waals surface area contributed by atoms with E-state index in [1.165, 1.54) is 6.20 Å². The van der Waals surface area contributed by atoms with E-state index >= 15 is 0 Å². The Kier molecular flexibility index (Phi) is 4.76. The molecule has 27 heavy (non-hydrogen) atoms. The van der Waals surface area contributed by atoms with Gasteiger partial charge in [-0.2, -0.15) is 13.8 Å². The number of aryl methyl sites for hydroxylation is 1. The molecular formula is C20H17N5OS. The summed E-state index contributed by atoms with van der Waals surface area (Å²) < 4.78 is 9.68. The van der Waals surface area contributed by atoms with E-state index in [9.17, 15) is 4.79 Å². The third-order valence-corrected chi connectivity index (χ3v) is 4.69. The maximum atomic E-state index is 12.4. The largest absolute Gasteiger partial charge is 0.305 e. The van der Waals surface area contributed by atoms with Crippen LogP contribution in [-0.2, 0) is 6.54 Å². The Bertz CT molecular complexity index is 1060. The van der Waals surface area contributed by atoms with Crippen LogP contribution in [0.4, 0.5) is 5.82 Å². The second-order valence-corrected chi connectivity index (χ2v) is 6.68. The summed E-state index contributed by atoms with van der Waals surface area (Å²) >= 11 is 1.01. The summed E-state index contributed by atoms with van der Waals surface area (Å²) in [4.78, 5) is 12.4. The minimum atomic E-state index is -0.297. The van der Waals surface area contributed by atoms with Gasteiger partial charge in [-0.05, 0) is 18.1 Å². The first kappa shape index (κ1) is 17.1. The molecule has 1 N–H and O–H groups in total. The Labute approximate surface area is 160 Å².